The third-order valence-electron chi connectivity index (χ3n) is 6.39. The topological polar surface area (TPSA) is 0 Å². The van der Waals surface area contributed by atoms with E-state index >= 15 is 0 Å². The summed E-state index contributed by atoms with van der Waals surface area (Å²) in [6, 6.07) is 8.80. The van der Waals surface area contributed by atoms with E-state index in [1.165, 1.54) is 36.8 Å². The summed E-state index contributed by atoms with van der Waals surface area (Å²) in [6.45, 7) is 0. The quantitative estimate of drug-likeness (QED) is 0.315. The van der Waals surface area contributed by atoms with Gasteiger partial charge < -0.3 is 0 Å². The molecule has 0 heterocycles. The van der Waals surface area contributed by atoms with E-state index in [0.29, 0.717) is 31.9 Å². The predicted octanol–water partition coefficient (Wildman–Crippen LogP) is 7.70. The zero-order valence-corrected chi connectivity index (χ0v) is 16.0. The maximum atomic E-state index is 6.74. The Kier molecular flexibility index (Phi) is 3.66. The number of benzene rings is 2. The van der Waals surface area contributed by atoms with Gasteiger partial charge in [0.1, 0.15) is 0 Å². The van der Waals surface area contributed by atoms with Gasteiger partial charge in [0.25, 0.3) is 0 Å². The van der Waals surface area contributed by atoms with Crippen molar-refractivity contribution in [2.75, 3.05) is 0 Å². The van der Waals surface area contributed by atoms with Crippen LogP contribution in [0.1, 0.15) is 59.8 Å². The van der Waals surface area contributed by atoms with E-state index < -0.39 is 0 Å². The Morgan fingerprint density at radius 3 is 1.33 bits per heavy atom. The Morgan fingerprint density at radius 2 is 0.958 bits per heavy atom. The molecule has 6 aliphatic rings. The third kappa shape index (κ3) is 1.95. The molecule has 2 atom stereocenters. The molecule has 2 aromatic rings. The molecular formula is C20H16Cl4. The molecule has 0 radical (unpaired) electrons. The molecule has 1 saturated carbocycles. The first kappa shape index (κ1) is 15.8. The zero-order valence-electron chi connectivity index (χ0n) is 13.0. The molecule has 124 valence electrons. The molecule has 0 amide bonds. The number of hydrogen-bond acceptors (Lipinski definition) is 0. The summed E-state index contributed by atoms with van der Waals surface area (Å²) in [7, 11) is 0. The number of rotatable bonds is 0. The van der Waals surface area contributed by atoms with Gasteiger partial charge in [0.05, 0.1) is 20.1 Å². The van der Waals surface area contributed by atoms with Crippen LogP contribution in [-0.4, -0.2) is 0 Å². The van der Waals surface area contributed by atoms with Gasteiger partial charge in [0.15, 0.2) is 0 Å². The summed E-state index contributed by atoms with van der Waals surface area (Å²) in [5.41, 5.74) is 5.13. The van der Waals surface area contributed by atoms with Crippen LogP contribution in [0.25, 0.3) is 0 Å². The first-order valence-electron chi connectivity index (χ1n) is 8.54. The molecule has 4 bridgehead atoms. The van der Waals surface area contributed by atoms with Gasteiger partial charge >= 0.3 is 0 Å². The lowest BCUT2D eigenvalue weighted by molar-refractivity contribution is 0.212. The number of halogens is 4. The smallest absolute Gasteiger partial charge is 0.0796 e. The fourth-order valence-electron chi connectivity index (χ4n) is 5.45. The van der Waals surface area contributed by atoms with Crippen molar-refractivity contribution in [3.05, 3.63) is 66.6 Å². The summed E-state index contributed by atoms with van der Waals surface area (Å²) >= 11 is 26.3. The molecule has 0 saturated heterocycles. The van der Waals surface area contributed by atoms with Crippen LogP contribution < -0.4 is 0 Å². The molecule has 0 spiro atoms. The molecule has 24 heavy (non-hydrogen) atoms. The summed E-state index contributed by atoms with van der Waals surface area (Å²) < 4.78 is 0. The van der Waals surface area contributed by atoms with Crippen molar-refractivity contribution in [2.45, 2.75) is 37.5 Å². The molecule has 1 fully saturated rings. The largest absolute Gasteiger partial charge is 0.0823 e. The second-order valence-corrected chi connectivity index (χ2v) is 8.85. The van der Waals surface area contributed by atoms with Crippen molar-refractivity contribution in [1.29, 1.82) is 0 Å². The second kappa shape index (κ2) is 5.55. The van der Waals surface area contributed by atoms with Crippen molar-refractivity contribution in [3.8, 4) is 0 Å². The number of hydrogen-bond donors (Lipinski definition) is 0. The normalized spacial score (nSPS) is 29.8. The zero-order chi connectivity index (χ0) is 16.6. The molecule has 4 heteroatoms. The lowest BCUT2D eigenvalue weighted by Gasteiger charge is -2.49. The lowest BCUT2D eigenvalue weighted by Crippen LogP contribution is -2.35. The Balaban J connectivity index is 1.93. The van der Waals surface area contributed by atoms with E-state index in [4.69, 9.17) is 46.4 Å². The van der Waals surface area contributed by atoms with Crippen LogP contribution in [-0.2, 0) is 0 Å². The van der Waals surface area contributed by atoms with Crippen molar-refractivity contribution in [1.82, 2.24) is 0 Å². The van der Waals surface area contributed by atoms with Gasteiger partial charge in [-0.2, -0.15) is 0 Å². The average molecular weight is 398 g/mol. The van der Waals surface area contributed by atoms with Crippen LogP contribution in [0.5, 0.6) is 0 Å². The van der Waals surface area contributed by atoms with Crippen LogP contribution in [0.15, 0.2) is 24.3 Å². The highest BCUT2D eigenvalue weighted by Gasteiger charge is 2.47. The molecule has 0 aromatic heterocycles. The lowest BCUT2D eigenvalue weighted by atomic mass is 9.56. The summed E-state index contributed by atoms with van der Waals surface area (Å²) in [5, 5.41) is 2.03. The maximum absolute atomic E-state index is 6.74. The van der Waals surface area contributed by atoms with Gasteiger partial charge in [-0.15, -0.1) is 0 Å². The van der Waals surface area contributed by atoms with Crippen LogP contribution in [0, 0.1) is 11.8 Å². The van der Waals surface area contributed by atoms with E-state index in [9.17, 15) is 0 Å². The first-order chi connectivity index (χ1) is 11.6. The minimum absolute atomic E-state index is 0.286. The molecule has 0 nitrogen and oxygen atoms in total. The Bertz CT molecular complexity index is 779. The Hall–Kier alpha value is -0.400. The monoisotopic (exact) mass is 396 g/mol. The molecule has 0 aliphatic heterocycles. The highest BCUT2D eigenvalue weighted by Crippen LogP contribution is 2.62. The molecule has 8 rings (SSSR count). The second-order valence-electron chi connectivity index (χ2n) is 7.34. The fraction of sp³-hybridized carbons (Fsp3) is 0.400. The first-order valence-corrected chi connectivity index (χ1v) is 10.0. The van der Waals surface area contributed by atoms with Crippen LogP contribution in [0.3, 0.4) is 0 Å². The standard InChI is InChI=1S/C20H16Cl4/c21-17-15-13-9-5-7-10(8-6-9)14(12-4-2-1-3-11(12)13)16(15)18(22)20(24)19(17)23/h1-4,9-10,13-14H,5-8H2/t9?,10?,13-,14+. The summed E-state index contributed by atoms with van der Waals surface area (Å²) in [6.07, 6.45) is 5.03. The SMILES string of the molecule is Clc1c(Cl)c(Cl)c2c(c1Cl)[C@H]1c3ccccc3[C@@H]2C2CCC1CC2. The highest BCUT2D eigenvalue weighted by molar-refractivity contribution is 6.52. The van der Waals surface area contributed by atoms with Crippen LogP contribution >= 0.6 is 46.4 Å². The fourth-order valence-corrected chi connectivity index (χ4v) is 6.57. The van der Waals surface area contributed by atoms with Crippen LogP contribution in [0.4, 0.5) is 0 Å². The molecule has 2 aromatic carbocycles. The highest BCUT2D eigenvalue weighted by atomic mass is 35.5. The summed E-state index contributed by atoms with van der Waals surface area (Å²) in [4.78, 5) is 0. The molecule has 6 aliphatic carbocycles. The van der Waals surface area contributed by atoms with E-state index in [-0.39, 0.29) is 11.8 Å². The van der Waals surface area contributed by atoms with Gasteiger partial charge in [-0.25, -0.2) is 0 Å². The molecule has 0 N–H and O–H groups in total. The van der Waals surface area contributed by atoms with Crippen molar-refractivity contribution < 1.29 is 0 Å². The van der Waals surface area contributed by atoms with Crippen LogP contribution in [0.2, 0.25) is 20.1 Å². The molecule has 0 unspecified atom stereocenters. The van der Waals surface area contributed by atoms with E-state index in [2.05, 4.69) is 24.3 Å². The Labute approximate surface area is 162 Å². The van der Waals surface area contributed by atoms with Gasteiger partial charge in [-0.1, -0.05) is 70.7 Å². The van der Waals surface area contributed by atoms with Crippen molar-refractivity contribution in [3.63, 3.8) is 0 Å². The van der Waals surface area contributed by atoms with E-state index in [1.807, 2.05) is 0 Å². The van der Waals surface area contributed by atoms with Gasteiger partial charge in [0.2, 0.25) is 0 Å². The van der Waals surface area contributed by atoms with Crippen molar-refractivity contribution >= 4 is 46.4 Å². The van der Waals surface area contributed by atoms with Gasteiger partial charge in [0, 0.05) is 11.8 Å². The minimum atomic E-state index is 0.286. The van der Waals surface area contributed by atoms with E-state index in [0.717, 1.165) is 11.1 Å². The van der Waals surface area contributed by atoms with Crippen molar-refractivity contribution in [2.24, 2.45) is 11.8 Å². The van der Waals surface area contributed by atoms with Gasteiger partial charge in [-0.05, 0) is 59.8 Å². The third-order valence-corrected chi connectivity index (χ3v) is 8.22. The van der Waals surface area contributed by atoms with Gasteiger partial charge in [-0.3, -0.25) is 0 Å². The maximum Gasteiger partial charge on any atom is 0.0796 e. The Morgan fingerprint density at radius 1 is 0.583 bits per heavy atom. The minimum Gasteiger partial charge on any atom is -0.0823 e. The van der Waals surface area contributed by atoms with E-state index in [1.54, 1.807) is 0 Å². The average Bonchev–Trinajstić information content (AvgIpc) is 2.60. The predicted molar refractivity (Wildman–Crippen MR) is 102 cm³/mol. The molecular weight excluding hydrogens is 382 g/mol. The summed E-state index contributed by atoms with van der Waals surface area (Å²) in [5.74, 6) is 1.78.